The van der Waals surface area contributed by atoms with Crippen molar-refractivity contribution in [1.29, 1.82) is 0 Å². The topological polar surface area (TPSA) is 60.9 Å². The zero-order valence-electron chi connectivity index (χ0n) is 11.8. The summed E-state index contributed by atoms with van der Waals surface area (Å²) in [5.41, 5.74) is 7.18. The Hall–Kier alpha value is -1.94. The third kappa shape index (κ3) is 3.78. The number of nitrogens with two attached hydrogens (primary N) is 1. The normalized spacial score (nSPS) is 12.3. The molecule has 1 unspecified atom stereocenters. The molecule has 1 atom stereocenters. The quantitative estimate of drug-likeness (QED) is 0.841. The van der Waals surface area contributed by atoms with Gasteiger partial charge in [-0.15, -0.1) is 0 Å². The molecule has 1 aromatic carbocycles. The first-order chi connectivity index (χ1) is 9.70. The van der Waals surface area contributed by atoms with Crippen LogP contribution in [0.4, 0.5) is 0 Å². The first kappa shape index (κ1) is 14.5. The summed E-state index contributed by atoms with van der Waals surface area (Å²) in [5.74, 6) is 1.03. The minimum Gasteiger partial charge on any atom is -0.335 e. The van der Waals surface area contributed by atoms with Crippen molar-refractivity contribution in [2.45, 2.75) is 38.8 Å². The van der Waals surface area contributed by atoms with Gasteiger partial charge < -0.3 is 10.3 Å². The zero-order chi connectivity index (χ0) is 14.4. The van der Waals surface area contributed by atoms with Crippen molar-refractivity contribution in [2.24, 2.45) is 5.73 Å². The number of hydrogen-bond acceptors (Lipinski definition) is 3. The predicted octanol–water partition coefficient (Wildman–Crippen LogP) is 2.49. The van der Waals surface area contributed by atoms with Crippen molar-refractivity contribution < 1.29 is 4.79 Å². The molecule has 0 saturated carbocycles. The number of benzene rings is 1. The van der Waals surface area contributed by atoms with E-state index in [0.717, 1.165) is 17.9 Å². The van der Waals surface area contributed by atoms with E-state index < -0.39 is 0 Å². The molecule has 0 aliphatic rings. The van der Waals surface area contributed by atoms with E-state index in [1.165, 1.54) is 0 Å². The summed E-state index contributed by atoms with van der Waals surface area (Å²) in [6.07, 6.45) is 5.20. The van der Waals surface area contributed by atoms with Gasteiger partial charge in [0.1, 0.15) is 11.6 Å². The van der Waals surface area contributed by atoms with Crippen molar-refractivity contribution in [3.63, 3.8) is 0 Å². The summed E-state index contributed by atoms with van der Waals surface area (Å²) in [6, 6.07) is 9.82. The monoisotopic (exact) mass is 271 g/mol. The molecule has 0 bridgehead atoms. The lowest BCUT2D eigenvalue weighted by molar-refractivity contribution is -0.118. The van der Waals surface area contributed by atoms with Gasteiger partial charge >= 0.3 is 0 Å². The van der Waals surface area contributed by atoms with Gasteiger partial charge in [-0.05, 0) is 18.9 Å². The van der Waals surface area contributed by atoms with E-state index >= 15 is 0 Å². The highest BCUT2D eigenvalue weighted by molar-refractivity contribution is 5.80. The van der Waals surface area contributed by atoms with Crippen LogP contribution in [0.1, 0.15) is 37.2 Å². The molecular weight excluding hydrogens is 250 g/mol. The van der Waals surface area contributed by atoms with Crippen LogP contribution >= 0.6 is 0 Å². The maximum absolute atomic E-state index is 12.0. The van der Waals surface area contributed by atoms with Crippen LogP contribution in [0, 0.1) is 0 Å². The number of carbonyl (C=O) groups is 1. The number of ketones is 1. The maximum Gasteiger partial charge on any atom is 0.140 e. The highest BCUT2D eigenvalue weighted by Gasteiger charge is 2.11. The van der Waals surface area contributed by atoms with Crippen molar-refractivity contribution >= 4 is 5.78 Å². The first-order valence-corrected chi connectivity index (χ1v) is 7.03. The van der Waals surface area contributed by atoms with Crippen LogP contribution in [-0.2, 0) is 17.8 Å². The van der Waals surface area contributed by atoms with E-state index in [9.17, 15) is 4.79 Å². The molecular formula is C16H21N3O. The summed E-state index contributed by atoms with van der Waals surface area (Å²) < 4.78 is 2.00. The summed E-state index contributed by atoms with van der Waals surface area (Å²) in [4.78, 5) is 16.2. The van der Waals surface area contributed by atoms with E-state index in [4.69, 9.17) is 5.73 Å². The van der Waals surface area contributed by atoms with Gasteiger partial charge in [-0.2, -0.15) is 0 Å². The molecule has 0 fully saturated rings. The molecule has 0 amide bonds. The Morgan fingerprint density at radius 3 is 2.80 bits per heavy atom. The number of hydrogen-bond donors (Lipinski definition) is 1. The summed E-state index contributed by atoms with van der Waals surface area (Å²) >= 11 is 0. The molecule has 1 heterocycles. The molecule has 0 aliphatic heterocycles. The number of nitrogens with zero attached hydrogens (tertiary/aromatic N) is 2. The number of carbonyl (C=O) groups excluding carboxylic acids is 1. The average molecular weight is 271 g/mol. The van der Waals surface area contributed by atoms with Gasteiger partial charge in [-0.1, -0.05) is 30.3 Å². The van der Waals surface area contributed by atoms with Crippen LogP contribution in [0.3, 0.4) is 0 Å². The molecule has 0 radical (unpaired) electrons. The zero-order valence-corrected chi connectivity index (χ0v) is 11.8. The lowest BCUT2D eigenvalue weighted by atomic mass is 10.0. The lowest BCUT2D eigenvalue weighted by Crippen LogP contribution is -2.14. The van der Waals surface area contributed by atoms with Gasteiger partial charge in [-0.25, -0.2) is 4.98 Å². The van der Waals surface area contributed by atoms with Crippen molar-refractivity contribution in [1.82, 2.24) is 9.55 Å². The molecule has 0 spiro atoms. The van der Waals surface area contributed by atoms with E-state index in [1.54, 1.807) is 6.20 Å². The molecule has 0 saturated heterocycles. The fourth-order valence-electron chi connectivity index (χ4n) is 2.24. The smallest absolute Gasteiger partial charge is 0.140 e. The van der Waals surface area contributed by atoms with Crippen LogP contribution in [-0.4, -0.2) is 15.3 Å². The van der Waals surface area contributed by atoms with Gasteiger partial charge in [0, 0.05) is 31.4 Å². The van der Waals surface area contributed by atoms with Crippen molar-refractivity contribution in [3.05, 3.63) is 54.1 Å². The van der Waals surface area contributed by atoms with Crippen LogP contribution in [0.25, 0.3) is 0 Å². The highest BCUT2D eigenvalue weighted by atomic mass is 16.1. The molecule has 106 valence electrons. The third-order valence-corrected chi connectivity index (χ3v) is 3.46. The Bertz CT molecular complexity index is 548. The van der Waals surface area contributed by atoms with Crippen LogP contribution in [0.2, 0.25) is 0 Å². The Morgan fingerprint density at radius 1 is 1.35 bits per heavy atom. The van der Waals surface area contributed by atoms with Crippen LogP contribution in [0.5, 0.6) is 0 Å². The second-order valence-corrected chi connectivity index (χ2v) is 4.90. The molecule has 4 nitrogen and oxygen atoms in total. The van der Waals surface area contributed by atoms with E-state index in [1.807, 2.05) is 48.0 Å². The fourth-order valence-corrected chi connectivity index (χ4v) is 2.24. The second-order valence-electron chi connectivity index (χ2n) is 4.90. The van der Waals surface area contributed by atoms with Crippen LogP contribution in [0.15, 0.2) is 42.7 Å². The van der Waals surface area contributed by atoms with Crippen molar-refractivity contribution in [2.75, 3.05) is 0 Å². The predicted molar refractivity (Wildman–Crippen MR) is 79.2 cm³/mol. The number of Topliss-reactive ketones (excluding diaryl/α,β-unsaturated/α-hetero) is 1. The Balaban J connectivity index is 1.84. The number of aryl methyl sites for hydroxylation is 1. The van der Waals surface area contributed by atoms with E-state index in [2.05, 4.69) is 4.98 Å². The minimum absolute atomic E-state index is 0.0777. The van der Waals surface area contributed by atoms with Gasteiger partial charge in [0.15, 0.2) is 0 Å². The maximum atomic E-state index is 12.0. The number of imidazole rings is 1. The fraction of sp³-hybridized carbons (Fsp3) is 0.375. The first-order valence-electron chi connectivity index (χ1n) is 7.03. The second kappa shape index (κ2) is 7.01. The van der Waals surface area contributed by atoms with E-state index in [-0.39, 0.29) is 11.8 Å². The Morgan fingerprint density at radius 2 is 2.10 bits per heavy atom. The highest BCUT2D eigenvalue weighted by Crippen LogP contribution is 2.15. The van der Waals surface area contributed by atoms with Gasteiger partial charge in [0.25, 0.3) is 0 Å². The molecule has 1 aromatic heterocycles. The summed E-state index contributed by atoms with van der Waals surface area (Å²) in [5, 5.41) is 0. The molecule has 2 aromatic rings. The van der Waals surface area contributed by atoms with Gasteiger partial charge in [0.05, 0.1) is 6.42 Å². The Kier molecular flexibility index (Phi) is 5.07. The minimum atomic E-state index is -0.0777. The molecule has 0 aliphatic carbocycles. The molecule has 2 rings (SSSR count). The van der Waals surface area contributed by atoms with Crippen LogP contribution < -0.4 is 5.73 Å². The van der Waals surface area contributed by atoms with Gasteiger partial charge in [-0.3, -0.25) is 4.79 Å². The largest absolute Gasteiger partial charge is 0.335 e. The number of rotatable bonds is 7. The standard InChI is InChI=1S/C16H21N3O/c1-2-19-11-10-18-16(19)12-14(20)8-9-15(17)13-6-4-3-5-7-13/h3-7,10-11,15H,2,8-9,12,17H2,1H3. The summed E-state index contributed by atoms with van der Waals surface area (Å²) in [7, 11) is 0. The SMILES string of the molecule is CCn1ccnc1CC(=O)CCC(N)c1ccccc1. The molecule has 2 N–H and O–H groups in total. The van der Waals surface area contributed by atoms with Crippen molar-refractivity contribution in [3.8, 4) is 0 Å². The summed E-state index contributed by atoms with van der Waals surface area (Å²) in [6.45, 7) is 2.88. The average Bonchev–Trinajstić information content (AvgIpc) is 2.92. The lowest BCUT2D eigenvalue weighted by Gasteiger charge is -2.11. The van der Waals surface area contributed by atoms with E-state index in [0.29, 0.717) is 19.3 Å². The molecule has 4 heteroatoms. The number of aromatic nitrogens is 2. The van der Waals surface area contributed by atoms with Gasteiger partial charge in [0.2, 0.25) is 0 Å². The Labute approximate surface area is 119 Å². The molecule has 20 heavy (non-hydrogen) atoms. The third-order valence-electron chi connectivity index (χ3n) is 3.46.